The quantitative estimate of drug-likeness (QED) is 0.875. The zero-order valence-electron chi connectivity index (χ0n) is 13.9. The van der Waals surface area contributed by atoms with Crippen LogP contribution in [-0.2, 0) is 11.3 Å². The fraction of sp³-hybridized carbons (Fsp3) is 0.389. The highest BCUT2D eigenvalue weighted by atomic mass is 16.5. The Balaban J connectivity index is 1.46. The summed E-state index contributed by atoms with van der Waals surface area (Å²) in [5, 5.41) is 3.13. The smallest absolute Gasteiger partial charge is 0.236 e. The molecular weight excluding hydrogens is 306 g/mol. The first-order valence-electron chi connectivity index (χ1n) is 8.17. The summed E-state index contributed by atoms with van der Waals surface area (Å²) in [6.45, 7) is 3.96. The third kappa shape index (κ3) is 3.89. The van der Waals surface area contributed by atoms with Crippen molar-refractivity contribution in [3.63, 3.8) is 0 Å². The lowest BCUT2D eigenvalue weighted by atomic mass is 10.2. The summed E-state index contributed by atoms with van der Waals surface area (Å²) in [6, 6.07) is 11.7. The van der Waals surface area contributed by atoms with Gasteiger partial charge in [-0.15, -0.1) is 0 Å². The second kappa shape index (κ2) is 7.88. The van der Waals surface area contributed by atoms with E-state index in [9.17, 15) is 4.79 Å². The summed E-state index contributed by atoms with van der Waals surface area (Å²) in [5.74, 6) is 1.84. The van der Waals surface area contributed by atoms with E-state index >= 15 is 0 Å². The maximum absolute atomic E-state index is 12.3. The Morgan fingerprint density at radius 3 is 2.67 bits per heavy atom. The molecule has 0 saturated carbocycles. The molecule has 1 aliphatic heterocycles. The SMILES string of the molecule is COc1ccccc1N1CCN(C(=O)CNCc2ccco2)CC1. The van der Waals surface area contributed by atoms with Gasteiger partial charge in [0.05, 0.1) is 32.1 Å². The number of amides is 1. The highest BCUT2D eigenvalue weighted by Gasteiger charge is 2.22. The molecule has 1 saturated heterocycles. The fourth-order valence-corrected chi connectivity index (χ4v) is 2.91. The zero-order chi connectivity index (χ0) is 16.8. The first-order valence-corrected chi connectivity index (χ1v) is 8.17. The summed E-state index contributed by atoms with van der Waals surface area (Å²) in [4.78, 5) is 16.4. The summed E-state index contributed by atoms with van der Waals surface area (Å²) in [6.07, 6.45) is 1.63. The maximum atomic E-state index is 12.3. The lowest BCUT2D eigenvalue weighted by Gasteiger charge is -2.36. The molecule has 1 amide bonds. The van der Waals surface area contributed by atoms with Crippen LogP contribution in [0.25, 0.3) is 0 Å². The van der Waals surface area contributed by atoms with Crippen LogP contribution in [0, 0.1) is 0 Å². The number of carbonyl (C=O) groups is 1. The Kier molecular flexibility index (Phi) is 5.38. The van der Waals surface area contributed by atoms with Crippen LogP contribution in [-0.4, -0.2) is 50.6 Å². The monoisotopic (exact) mass is 329 g/mol. The number of hydrogen-bond donors (Lipinski definition) is 1. The van der Waals surface area contributed by atoms with Crippen molar-refractivity contribution in [3.05, 3.63) is 48.4 Å². The van der Waals surface area contributed by atoms with Crippen LogP contribution in [0.1, 0.15) is 5.76 Å². The minimum Gasteiger partial charge on any atom is -0.495 e. The fourth-order valence-electron chi connectivity index (χ4n) is 2.91. The summed E-state index contributed by atoms with van der Waals surface area (Å²) >= 11 is 0. The molecule has 128 valence electrons. The Hall–Kier alpha value is -2.47. The highest BCUT2D eigenvalue weighted by molar-refractivity contribution is 5.78. The molecule has 2 aromatic rings. The number of ether oxygens (including phenoxy) is 1. The Labute approximate surface area is 142 Å². The van der Waals surface area contributed by atoms with Gasteiger partial charge in [0.1, 0.15) is 11.5 Å². The van der Waals surface area contributed by atoms with Gasteiger partial charge in [0.2, 0.25) is 5.91 Å². The van der Waals surface area contributed by atoms with E-state index in [4.69, 9.17) is 9.15 Å². The van der Waals surface area contributed by atoms with Crippen LogP contribution in [0.5, 0.6) is 5.75 Å². The van der Waals surface area contributed by atoms with Gasteiger partial charge in [-0.2, -0.15) is 0 Å². The largest absolute Gasteiger partial charge is 0.495 e. The molecule has 0 spiro atoms. The average Bonchev–Trinajstić information content (AvgIpc) is 3.15. The van der Waals surface area contributed by atoms with Gasteiger partial charge in [0, 0.05) is 26.2 Å². The molecule has 1 N–H and O–H groups in total. The Morgan fingerprint density at radius 2 is 1.96 bits per heavy atom. The zero-order valence-corrected chi connectivity index (χ0v) is 13.9. The molecule has 1 fully saturated rings. The lowest BCUT2D eigenvalue weighted by molar-refractivity contribution is -0.130. The van der Waals surface area contributed by atoms with Gasteiger partial charge < -0.3 is 24.3 Å². The number of nitrogens with one attached hydrogen (secondary N) is 1. The van der Waals surface area contributed by atoms with Gasteiger partial charge in [-0.1, -0.05) is 12.1 Å². The molecule has 6 heteroatoms. The first kappa shape index (κ1) is 16.4. The summed E-state index contributed by atoms with van der Waals surface area (Å²) < 4.78 is 10.7. The lowest BCUT2D eigenvalue weighted by Crippen LogP contribution is -2.50. The number of hydrogen-bond acceptors (Lipinski definition) is 5. The number of para-hydroxylation sites is 2. The van der Waals surface area contributed by atoms with Crippen molar-refractivity contribution in [1.29, 1.82) is 0 Å². The van der Waals surface area contributed by atoms with Gasteiger partial charge in [-0.05, 0) is 24.3 Å². The number of methoxy groups -OCH3 is 1. The number of anilines is 1. The topological polar surface area (TPSA) is 58.0 Å². The number of carbonyl (C=O) groups excluding carboxylic acids is 1. The van der Waals surface area contributed by atoms with E-state index in [2.05, 4.69) is 16.3 Å². The second-order valence-electron chi connectivity index (χ2n) is 5.72. The van der Waals surface area contributed by atoms with Gasteiger partial charge in [-0.25, -0.2) is 0 Å². The summed E-state index contributed by atoms with van der Waals surface area (Å²) in [7, 11) is 1.68. The van der Waals surface area contributed by atoms with Crippen molar-refractivity contribution in [3.8, 4) is 5.75 Å². The molecule has 1 aromatic carbocycles. The van der Waals surface area contributed by atoms with E-state index in [-0.39, 0.29) is 5.91 Å². The number of rotatable bonds is 6. The van der Waals surface area contributed by atoms with Crippen molar-refractivity contribution in [2.24, 2.45) is 0 Å². The standard InChI is InChI=1S/C18H23N3O3/c1-23-17-7-3-2-6-16(17)20-8-10-21(11-9-20)18(22)14-19-13-15-5-4-12-24-15/h2-7,12,19H,8-11,13-14H2,1H3. The van der Waals surface area contributed by atoms with Crippen molar-refractivity contribution in [2.75, 3.05) is 44.7 Å². The van der Waals surface area contributed by atoms with E-state index in [0.717, 1.165) is 43.4 Å². The molecule has 3 rings (SSSR count). The molecule has 24 heavy (non-hydrogen) atoms. The molecular formula is C18H23N3O3. The van der Waals surface area contributed by atoms with Gasteiger partial charge >= 0.3 is 0 Å². The molecule has 0 aliphatic carbocycles. The van der Waals surface area contributed by atoms with Gasteiger partial charge in [0.25, 0.3) is 0 Å². The van der Waals surface area contributed by atoms with Crippen molar-refractivity contribution < 1.29 is 13.9 Å². The molecule has 0 atom stereocenters. The van der Waals surface area contributed by atoms with Crippen LogP contribution in [0.3, 0.4) is 0 Å². The Bertz CT molecular complexity index is 649. The van der Waals surface area contributed by atoms with Crippen LogP contribution < -0.4 is 15.0 Å². The van der Waals surface area contributed by atoms with E-state index in [0.29, 0.717) is 13.1 Å². The molecule has 6 nitrogen and oxygen atoms in total. The van der Waals surface area contributed by atoms with Crippen LogP contribution >= 0.6 is 0 Å². The number of furan rings is 1. The highest BCUT2D eigenvalue weighted by Crippen LogP contribution is 2.28. The molecule has 1 aliphatic rings. The van der Waals surface area contributed by atoms with Crippen LogP contribution in [0.15, 0.2) is 47.1 Å². The average molecular weight is 329 g/mol. The Morgan fingerprint density at radius 1 is 1.17 bits per heavy atom. The second-order valence-corrected chi connectivity index (χ2v) is 5.72. The molecule has 0 radical (unpaired) electrons. The van der Waals surface area contributed by atoms with Crippen molar-refractivity contribution >= 4 is 11.6 Å². The normalized spacial score (nSPS) is 14.7. The van der Waals surface area contributed by atoms with E-state index < -0.39 is 0 Å². The van der Waals surface area contributed by atoms with E-state index in [1.54, 1.807) is 13.4 Å². The first-order chi connectivity index (χ1) is 11.8. The van der Waals surface area contributed by atoms with Crippen LogP contribution in [0.2, 0.25) is 0 Å². The maximum Gasteiger partial charge on any atom is 0.236 e. The third-order valence-electron chi connectivity index (χ3n) is 4.21. The third-order valence-corrected chi connectivity index (χ3v) is 4.21. The molecule has 1 aromatic heterocycles. The van der Waals surface area contributed by atoms with Gasteiger partial charge in [-0.3, -0.25) is 4.79 Å². The minimum absolute atomic E-state index is 0.126. The number of nitrogens with zero attached hydrogens (tertiary/aromatic N) is 2. The van der Waals surface area contributed by atoms with Crippen LogP contribution in [0.4, 0.5) is 5.69 Å². The molecule has 0 bridgehead atoms. The van der Waals surface area contributed by atoms with E-state index in [1.807, 2.05) is 35.2 Å². The predicted molar refractivity (Wildman–Crippen MR) is 92.2 cm³/mol. The molecule has 0 unspecified atom stereocenters. The van der Waals surface area contributed by atoms with Gasteiger partial charge in [0.15, 0.2) is 0 Å². The van der Waals surface area contributed by atoms with Crippen molar-refractivity contribution in [1.82, 2.24) is 10.2 Å². The summed E-state index contributed by atoms with van der Waals surface area (Å²) in [5.41, 5.74) is 1.09. The molecule has 2 heterocycles. The number of piperazine rings is 1. The van der Waals surface area contributed by atoms with Crippen molar-refractivity contribution in [2.45, 2.75) is 6.54 Å². The predicted octanol–water partition coefficient (Wildman–Crippen LogP) is 1.73. The number of benzene rings is 1. The van der Waals surface area contributed by atoms with E-state index in [1.165, 1.54) is 0 Å². The minimum atomic E-state index is 0.126.